The second-order valence-corrected chi connectivity index (χ2v) is 12.6. The van der Waals surface area contributed by atoms with Crippen molar-refractivity contribution in [2.24, 2.45) is 5.92 Å². The lowest BCUT2D eigenvalue weighted by atomic mass is 9.82. The molecule has 1 saturated heterocycles. The van der Waals surface area contributed by atoms with E-state index in [9.17, 15) is 14.4 Å². The number of H-pyrrole nitrogens is 1. The molecular weight excluding hydrogens is 601 g/mol. The number of urea groups is 1. The smallest absolute Gasteiger partial charge is 0.410 e. The van der Waals surface area contributed by atoms with Crippen molar-refractivity contribution in [2.45, 2.75) is 71.9 Å². The molecule has 45 heavy (non-hydrogen) atoms. The van der Waals surface area contributed by atoms with Crippen LogP contribution in [0.5, 0.6) is 5.88 Å². The minimum Gasteiger partial charge on any atom is -0.477 e. The molecule has 3 heterocycles. The number of amides is 3. The van der Waals surface area contributed by atoms with E-state index in [2.05, 4.69) is 20.6 Å². The average Bonchev–Trinajstić information content (AvgIpc) is 2.94. The van der Waals surface area contributed by atoms with Crippen LogP contribution in [0.2, 0.25) is 5.02 Å². The van der Waals surface area contributed by atoms with Crippen molar-refractivity contribution in [2.75, 3.05) is 25.0 Å². The highest BCUT2D eigenvalue weighted by atomic mass is 35.5. The number of likely N-dealkylation sites (tertiary alicyclic amines) is 1. The first kappa shape index (κ1) is 33.8. The van der Waals surface area contributed by atoms with E-state index >= 15 is 4.39 Å². The van der Waals surface area contributed by atoms with Gasteiger partial charge in [0.15, 0.2) is 0 Å². The Morgan fingerprint density at radius 1 is 1.18 bits per heavy atom. The Kier molecular flexibility index (Phi) is 10.7. The number of carbonyl (C=O) groups excluding carboxylic acids is 2. The van der Waals surface area contributed by atoms with E-state index in [4.69, 9.17) is 21.1 Å². The van der Waals surface area contributed by atoms with E-state index in [1.807, 2.05) is 41.5 Å². The monoisotopic (exact) mass is 641 g/mol. The third-order valence-electron chi connectivity index (χ3n) is 7.44. The Balaban J connectivity index is 0.00000226. The first-order valence-electron chi connectivity index (χ1n) is 15.2. The van der Waals surface area contributed by atoms with Crippen molar-refractivity contribution < 1.29 is 23.5 Å². The molecule has 1 aliphatic heterocycles. The van der Waals surface area contributed by atoms with Gasteiger partial charge >= 0.3 is 12.1 Å². The van der Waals surface area contributed by atoms with Gasteiger partial charge in [-0.1, -0.05) is 32.4 Å². The van der Waals surface area contributed by atoms with Gasteiger partial charge in [-0.2, -0.15) is 0 Å². The Morgan fingerprint density at radius 2 is 1.91 bits per heavy atom. The summed E-state index contributed by atoms with van der Waals surface area (Å²) in [6, 6.07) is 6.80. The van der Waals surface area contributed by atoms with Crippen molar-refractivity contribution in [1.29, 1.82) is 0 Å². The van der Waals surface area contributed by atoms with Gasteiger partial charge in [-0.15, -0.1) is 0 Å². The predicted octanol–water partition coefficient (Wildman–Crippen LogP) is 6.74. The molecule has 10 nitrogen and oxygen atoms in total. The molecule has 2 atom stereocenters. The molecule has 1 aliphatic carbocycles. The summed E-state index contributed by atoms with van der Waals surface area (Å²) in [5.74, 6) is 0.0736. The fraction of sp³-hybridized carbons (Fsp3) is 0.455. The van der Waals surface area contributed by atoms with Gasteiger partial charge in [0.1, 0.15) is 11.4 Å². The van der Waals surface area contributed by atoms with E-state index in [1.165, 1.54) is 18.3 Å². The maximum Gasteiger partial charge on any atom is 0.410 e. The Hall–Kier alpha value is -4.12. The van der Waals surface area contributed by atoms with Crippen molar-refractivity contribution in [1.82, 2.24) is 20.2 Å². The molecule has 3 N–H and O–H groups in total. The highest BCUT2D eigenvalue weighted by Gasteiger charge is 2.34. The maximum atomic E-state index is 15.1. The SMILES string of the molecule is CC.CC1CC(NC(=O)Nc2cc(Cl)c(-c3ccc(OCC4CN(C(=O)OC(C)(C)C)C4)nc3)cc2F)Cc2cc(=O)[nH]cc21. The summed E-state index contributed by atoms with van der Waals surface area (Å²) in [4.78, 5) is 45.2. The number of rotatable bonds is 6. The van der Waals surface area contributed by atoms with Gasteiger partial charge in [-0.05, 0) is 68.9 Å². The lowest BCUT2D eigenvalue weighted by Crippen LogP contribution is -2.53. The number of pyridine rings is 2. The van der Waals surface area contributed by atoms with Crippen LogP contribution >= 0.6 is 11.6 Å². The van der Waals surface area contributed by atoms with Gasteiger partial charge in [-0.3, -0.25) is 4.79 Å². The molecule has 2 aromatic heterocycles. The Bertz CT molecular complexity index is 1570. The van der Waals surface area contributed by atoms with Crippen molar-refractivity contribution >= 4 is 29.4 Å². The van der Waals surface area contributed by atoms with Crippen LogP contribution in [0.4, 0.5) is 19.7 Å². The molecule has 5 rings (SSSR count). The molecule has 0 spiro atoms. The molecule has 1 aromatic carbocycles. The molecule has 3 aromatic rings. The van der Waals surface area contributed by atoms with Crippen LogP contribution in [0, 0.1) is 11.7 Å². The van der Waals surface area contributed by atoms with E-state index in [0.29, 0.717) is 49.5 Å². The first-order chi connectivity index (χ1) is 21.3. The highest BCUT2D eigenvalue weighted by Crippen LogP contribution is 2.33. The van der Waals surface area contributed by atoms with Crippen LogP contribution in [0.3, 0.4) is 0 Å². The zero-order valence-electron chi connectivity index (χ0n) is 26.5. The normalized spacial score (nSPS) is 17.6. The molecule has 2 aliphatic rings. The second-order valence-electron chi connectivity index (χ2n) is 12.2. The van der Waals surface area contributed by atoms with Crippen molar-refractivity contribution in [3.05, 3.63) is 75.0 Å². The van der Waals surface area contributed by atoms with Gasteiger partial charge in [0.25, 0.3) is 0 Å². The fourth-order valence-electron chi connectivity index (χ4n) is 5.36. The fourth-order valence-corrected chi connectivity index (χ4v) is 5.63. The van der Waals surface area contributed by atoms with E-state index < -0.39 is 17.4 Å². The molecule has 12 heteroatoms. The number of nitrogens with zero attached hydrogens (tertiary/aromatic N) is 2. The number of ether oxygens (including phenoxy) is 2. The quantitative estimate of drug-likeness (QED) is 0.274. The molecule has 0 radical (unpaired) electrons. The standard InChI is InChI=1S/C31H35ClFN5O5.C2H6/c1-17-7-21(8-20-9-27(39)34-13-23(17)20)36-29(40)37-26-11-24(32)22(10-25(26)33)19-5-6-28(35-12-19)42-16-18-14-38(15-18)30(41)43-31(2,3)4;1-2/h5-6,9-13,17-18,21H,7-8,14-16H2,1-4H3,(H,34,39)(H2,36,37,40);1-2H3. The average molecular weight is 642 g/mol. The van der Waals surface area contributed by atoms with Gasteiger partial charge < -0.3 is 30.0 Å². The number of aromatic amines is 1. The first-order valence-corrected chi connectivity index (χ1v) is 15.6. The summed E-state index contributed by atoms with van der Waals surface area (Å²) in [6.45, 7) is 13.0. The van der Waals surface area contributed by atoms with E-state index in [0.717, 1.165) is 11.1 Å². The van der Waals surface area contributed by atoms with Crippen molar-refractivity contribution in [3.8, 4) is 17.0 Å². The van der Waals surface area contributed by atoms with Crippen molar-refractivity contribution in [3.63, 3.8) is 0 Å². The largest absolute Gasteiger partial charge is 0.477 e. The third kappa shape index (κ3) is 8.75. The molecule has 3 amide bonds. The lowest BCUT2D eigenvalue weighted by molar-refractivity contribution is -0.00808. The number of anilines is 1. The summed E-state index contributed by atoms with van der Waals surface area (Å²) in [7, 11) is 0. The number of benzene rings is 1. The number of aromatic nitrogens is 2. The minimum absolute atomic E-state index is 0.0548. The number of carbonyl (C=O) groups is 2. The Morgan fingerprint density at radius 3 is 2.58 bits per heavy atom. The molecular formula is C33H41ClFN5O5. The van der Waals surface area contributed by atoms with Crippen LogP contribution < -0.4 is 20.9 Å². The lowest BCUT2D eigenvalue weighted by Gasteiger charge is -2.39. The van der Waals surface area contributed by atoms with E-state index in [-0.39, 0.29) is 40.2 Å². The van der Waals surface area contributed by atoms with Crippen LogP contribution in [-0.4, -0.2) is 58.3 Å². The number of halogens is 2. The van der Waals surface area contributed by atoms with Gasteiger partial charge in [0, 0.05) is 60.7 Å². The van der Waals surface area contributed by atoms with Gasteiger partial charge in [-0.25, -0.2) is 19.0 Å². The predicted molar refractivity (Wildman–Crippen MR) is 173 cm³/mol. The number of fused-ring (bicyclic) bond motifs is 1. The highest BCUT2D eigenvalue weighted by molar-refractivity contribution is 6.33. The molecule has 1 fully saturated rings. The van der Waals surface area contributed by atoms with E-state index in [1.54, 1.807) is 29.3 Å². The minimum atomic E-state index is -0.650. The van der Waals surface area contributed by atoms with Crippen LogP contribution in [-0.2, 0) is 11.2 Å². The second kappa shape index (κ2) is 14.3. The summed E-state index contributed by atoms with van der Waals surface area (Å²) in [5.41, 5.74) is 2.17. The van der Waals surface area contributed by atoms with Gasteiger partial charge in [0.05, 0.1) is 17.3 Å². The summed E-state index contributed by atoms with van der Waals surface area (Å²) in [5, 5.41) is 5.67. The third-order valence-corrected chi connectivity index (χ3v) is 7.76. The maximum absolute atomic E-state index is 15.1. The number of hydrogen-bond acceptors (Lipinski definition) is 6. The zero-order chi connectivity index (χ0) is 32.9. The van der Waals surface area contributed by atoms with Crippen LogP contribution in [0.25, 0.3) is 11.1 Å². The topological polar surface area (TPSA) is 126 Å². The number of hydrogen-bond donors (Lipinski definition) is 3. The summed E-state index contributed by atoms with van der Waals surface area (Å²) >= 11 is 6.48. The van der Waals surface area contributed by atoms with Crippen LogP contribution in [0.15, 0.2) is 47.5 Å². The van der Waals surface area contributed by atoms with Crippen LogP contribution in [0.1, 0.15) is 65.0 Å². The Labute approximate surface area is 267 Å². The molecule has 0 saturated carbocycles. The summed E-state index contributed by atoms with van der Waals surface area (Å²) in [6.07, 6.45) is 4.13. The summed E-state index contributed by atoms with van der Waals surface area (Å²) < 4.78 is 26.2. The number of nitrogens with one attached hydrogen (secondary N) is 3. The molecule has 2 unspecified atom stereocenters. The molecule has 242 valence electrons. The zero-order valence-corrected chi connectivity index (χ0v) is 27.3. The van der Waals surface area contributed by atoms with Gasteiger partial charge in [0.2, 0.25) is 11.4 Å². The molecule has 0 bridgehead atoms.